The van der Waals surface area contributed by atoms with Gasteiger partial charge in [-0.25, -0.2) is 4.98 Å². The van der Waals surface area contributed by atoms with Crippen molar-refractivity contribution < 1.29 is 0 Å². The molecular weight excluding hydrogens is 252 g/mol. The first kappa shape index (κ1) is 15.0. The molecule has 1 saturated carbocycles. The molecule has 20 heavy (non-hydrogen) atoms. The predicted molar refractivity (Wildman–Crippen MR) is 81.8 cm³/mol. The van der Waals surface area contributed by atoms with Gasteiger partial charge in [0.25, 0.3) is 5.56 Å². The summed E-state index contributed by atoms with van der Waals surface area (Å²) in [6.45, 7) is 5.72. The molecule has 0 aromatic carbocycles. The van der Waals surface area contributed by atoms with Crippen molar-refractivity contribution in [2.24, 2.45) is 17.6 Å². The highest BCUT2D eigenvalue weighted by atomic mass is 16.1. The molecule has 2 atom stereocenters. The number of nitrogens with one attached hydrogen (secondary N) is 1. The third kappa shape index (κ3) is 4.07. The lowest BCUT2D eigenvalue weighted by Gasteiger charge is -2.26. The van der Waals surface area contributed by atoms with Gasteiger partial charge in [-0.3, -0.25) is 4.79 Å². The van der Waals surface area contributed by atoms with Crippen molar-refractivity contribution in [2.75, 3.05) is 11.9 Å². The fraction of sp³-hybridized carbons (Fsp3) is 0.733. The number of hydrogen-bond donors (Lipinski definition) is 2. The average molecular weight is 278 g/mol. The largest absolute Gasteiger partial charge is 0.365 e. The summed E-state index contributed by atoms with van der Waals surface area (Å²) < 4.78 is 1.73. The summed E-state index contributed by atoms with van der Waals surface area (Å²) in [5, 5.41) is 3.22. The third-order valence-electron chi connectivity index (χ3n) is 3.86. The Bertz CT molecular complexity index is 483. The van der Waals surface area contributed by atoms with E-state index in [9.17, 15) is 4.79 Å². The van der Waals surface area contributed by atoms with Gasteiger partial charge in [0.05, 0.1) is 0 Å². The summed E-state index contributed by atoms with van der Waals surface area (Å²) in [5.74, 6) is 1.46. The lowest BCUT2D eigenvalue weighted by molar-refractivity contribution is 0.334. The molecule has 2 unspecified atom stereocenters. The Hall–Kier alpha value is -1.36. The summed E-state index contributed by atoms with van der Waals surface area (Å²) >= 11 is 0. The maximum Gasteiger partial charge on any atom is 0.293 e. The van der Waals surface area contributed by atoms with E-state index in [0.29, 0.717) is 23.7 Å². The summed E-state index contributed by atoms with van der Waals surface area (Å²) in [6.07, 6.45) is 7.99. The second-order valence-electron chi connectivity index (χ2n) is 6.30. The van der Waals surface area contributed by atoms with Crippen LogP contribution in [0.15, 0.2) is 17.2 Å². The maximum atomic E-state index is 12.3. The lowest BCUT2D eigenvalue weighted by Crippen LogP contribution is -2.32. The fourth-order valence-corrected chi connectivity index (χ4v) is 2.86. The Labute approximate surface area is 120 Å². The summed E-state index contributed by atoms with van der Waals surface area (Å²) in [4.78, 5) is 16.4. The van der Waals surface area contributed by atoms with E-state index in [2.05, 4.69) is 24.1 Å². The number of hydrogen-bond acceptors (Lipinski definition) is 4. The van der Waals surface area contributed by atoms with Gasteiger partial charge in [0, 0.05) is 31.5 Å². The molecule has 1 aliphatic rings. The Balaban J connectivity index is 1.97. The van der Waals surface area contributed by atoms with Crippen molar-refractivity contribution in [3.63, 3.8) is 0 Å². The number of nitrogens with zero attached hydrogens (tertiary/aromatic N) is 2. The first-order valence-electron chi connectivity index (χ1n) is 7.61. The predicted octanol–water partition coefficient (Wildman–Crippen LogP) is 1.83. The second kappa shape index (κ2) is 6.88. The van der Waals surface area contributed by atoms with Gasteiger partial charge >= 0.3 is 0 Å². The second-order valence-corrected chi connectivity index (χ2v) is 6.30. The number of aromatic nitrogens is 2. The molecule has 1 heterocycles. The minimum Gasteiger partial charge on any atom is -0.365 e. The van der Waals surface area contributed by atoms with E-state index in [4.69, 9.17) is 5.73 Å². The van der Waals surface area contributed by atoms with Gasteiger partial charge in [0.1, 0.15) is 0 Å². The van der Waals surface area contributed by atoms with Crippen molar-refractivity contribution in [3.8, 4) is 0 Å². The van der Waals surface area contributed by atoms with Crippen molar-refractivity contribution in [2.45, 2.75) is 52.1 Å². The van der Waals surface area contributed by atoms with Crippen molar-refractivity contribution >= 4 is 5.82 Å². The van der Waals surface area contributed by atoms with E-state index in [-0.39, 0.29) is 5.56 Å². The zero-order chi connectivity index (χ0) is 14.5. The highest BCUT2D eigenvalue weighted by Gasteiger charge is 2.19. The quantitative estimate of drug-likeness (QED) is 0.862. The molecule has 1 aromatic rings. The van der Waals surface area contributed by atoms with E-state index in [1.807, 2.05) is 0 Å². The first-order chi connectivity index (χ1) is 9.56. The summed E-state index contributed by atoms with van der Waals surface area (Å²) in [6, 6.07) is 0.317. The first-order valence-corrected chi connectivity index (χ1v) is 7.61. The van der Waals surface area contributed by atoms with Crippen LogP contribution in [-0.4, -0.2) is 22.1 Å². The molecule has 0 saturated heterocycles. The zero-order valence-corrected chi connectivity index (χ0v) is 12.5. The van der Waals surface area contributed by atoms with Crippen LogP contribution in [0.1, 0.15) is 39.5 Å². The molecule has 3 N–H and O–H groups in total. The number of rotatable bonds is 5. The number of anilines is 1. The van der Waals surface area contributed by atoms with Crippen LogP contribution in [0.2, 0.25) is 0 Å². The molecule has 0 bridgehead atoms. The molecule has 0 spiro atoms. The van der Waals surface area contributed by atoms with Crippen LogP contribution in [0.4, 0.5) is 5.82 Å². The molecule has 5 heteroatoms. The van der Waals surface area contributed by atoms with Crippen LogP contribution < -0.4 is 16.6 Å². The van der Waals surface area contributed by atoms with Crippen LogP contribution in [0, 0.1) is 11.8 Å². The molecule has 1 fully saturated rings. The molecule has 0 amide bonds. The van der Waals surface area contributed by atoms with Crippen LogP contribution in [0.5, 0.6) is 0 Å². The van der Waals surface area contributed by atoms with E-state index in [1.54, 1.807) is 17.0 Å². The molecule has 0 aliphatic heterocycles. The molecule has 1 aromatic heterocycles. The van der Waals surface area contributed by atoms with Gasteiger partial charge in [-0.15, -0.1) is 0 Å². The van der Waals surface area contributed by atoms with Crippen LogP contribution in [0.25, 0.3) is 0 Å². The van der Waals surface area contributed by atoms with E-state index < -0.39 is 0 Å². The van der Waals surface area contributed by atoms with E-state index in [0.717, 1.165) is 25.9 Å². The summed E-state index contributed by atoms with van der Waals surface area (Å²) in [5.41, 5.74) is 5.97. The molecular formula is C15H26N4O. The maximum absolute atomic E-state index is 12.3. The molecule has 5 nitrogen and oxygen atoms in total. The standard InChI is InChI=1S/C15H26N4O/c1-11(2)10-19-7-6-17-14(15(19)20)18-9-12-4-3-5-13(16)8-12/h6-7,11-13H,3-5,8-10,16H2,1-2H3,(H,17,18). The Morgan fingerprint density at radius 3 is 3.00 bits per heavy atom. The Morgan fingerprint density at radius 1 is 1.50 bits per heavy atom. The van der Waals surface area contributed by atoms with E-state index >= 15 is 0 Å². The monoisotopic (exact) mass is 278 g/mol. The SMILES string of the molecule is CC(C)Cn1ccnc(NCC2CCCC(N)C2)c1=O. The van der Waals surface area contributed by atoms with Gasteiger partial charge in [0.15, 0.2) is 5.82 Å². The van der Waals surface area contributed by atoms with Gasteiger partial charge in [-0.05, 0) is 31.1 Å². The van der Waals surface area contributed by atoms with Gasteiger partial charge in [-0.1, -0.05) is 20.3 Å². The molecule has 0 radical (unpaired) electrons. The number of nitrogens with two attached hydrogens (primary N) is 1. The van der Waals surface area contributed by atoms with Crippen LogP contribution in [-0.2, 0) is 6.54 Å². The van der Waals surface area contributed by atoms with Crippen LogP contribution in [0.3, 0.4) is 0 Å². The normalized spacial score (nSPS) is 23.0. The minimum atomic E-state index is -0.0266. The smallest absolute Gasteiger partial charge is 0.293 e. The molecule has 1 aliphatic carbocycles. The fourth-order valence-electron chi connectivity index (χ4n) is 2.86. The molecule has 112 valence electrons. The minimum absolute atomic E-state index is 0.0266. The van der Waals surface area contributed by atoms with Crippen molar-refractivity contribution in [3.05, 3.63) is 22.7 Å². The van der Waals surface area contributed by atoms with Crippen LogP contribution >= 0.6 is 0 Å². The molecule has 2 rings (SSSR count). The average Bonchev–Trinajstić information content (AvgIpc) is 2.39. The van der Waals surface area contributed by atoms with Crippen molar-refractivity contribution in [1.82, 2.24) is 9.55 Å². The van der Waals surface area contributed by atoms with Crippen molar-refractivity contribution in [1.29, 1.82) is 0 Å². The Kier molecular flexibility index (Phi) is 5.17. The van der Waals surface area contributed by atoms with Gasteiger partial charge in [0.2, 0.25) is 0 Å². The lowest BCUT2D eigenvalue weighted by atomic mass is 9.86. The van der Waals surface area contributed by atoms with Gasteiger partial charge < -0.3 is 15.6 Å². The Morgan fingerprint density at radius 2 is 2.30 bits per heavy atom. The summed E-state index contributed by atoms with van der Waals surface area (Å²) in [7, 11) is 0. The zero-order valence-electron chi connectivity index (χ0n) is 12.5. The third-order valence-corrected chi connectivity index (χ3v) is 3.86. The van der Waals surface area contributed by atoms with E-state index in [1.165, 1.54) is 12.8 Å². The van der Waals surface area contributed by atoms with Gasteiger partial charge in [-0.2, -0.15) is 0 Å². The highest BCUT2D eigenvalue weighted by molar-refractivity contribution is 5.30. The topological polar surface area (TPSA) is 72.9 Å². The highest BCUT2D eigenvalue weighted by Crippen LogP contribution is 2.22.